The van der Waals surface area contributed by atoms with Crippen molar-refractivity contribution < 1.29 is 4.79 Å². The molecular weight excluding hydrogens is 346 g/mol. The molecule has 0 radical (unpaired) electrons. The van der Waals surface area contributed by atoms with E-state index in [1.54, 1.807) is 22.7 Å². The third kappa shape index (κ3) is 4.17. The quantitative estimate of drug-likeness (QED) is 0.843. The topological polar surface area (TPSA) is 77.0 Å². The first-order chi connectivity index (χ1) is 12.5. The molecule has 1 amide bonds. The molecule has 134 valence electrons. The summed E-state index contributed by atoms with van der Waals surface area (Å²) >= 11 is 1.80. The molecule has 0 spiro atoms. The summed E-state index contributed by atoms with van der Waals surface area (Å²) in [5.41, 5.74) is 2.41. The van der Waals surface area contributed by atoms with Gasteiger partial charge in [-0.25, -0.2) is 0 Å². The number of nitrogens with zero attached hydrogens (tertiary/aromatic N) is 2. The fourth-order valence-corrected chi connectivity index (χ4v) is 3.89. The van der Waals surface area contributed by atoms with E-state index < -0.39 is 0 Å². The molecule has 1 aromatic carbocycles. The largest absolute Gasteiger partial charge is 0.338 e. The van der Waals surface area contributed by atoms with Crippen LogP contribution in [0.5, 0.6) is 0 Å². The van der Waals surface area contributed by atoms with Gasteiger partial charge in [-0.15, -0.1) is 11.8 Å². The highest BCUT2D eigenvalue weighted by Crippen LogP contribution is 2.23. The molecule has 2 aromatic rings. The van der Waals surface area contributed by atoms with Crippen LogP contribution in [0, 0.1) is 11.3 Å². The second-order valence-corrected chi connectivity index (χ2v) is 8.33. The van der Waals surface area contributed by atoms with Gasteiger partial charge in [0.05, 0.1) is 6.42 Å². The molecule has 0 bridgehead atoms. The number of benzene rings is 1. The fraction of sp³-hybridized carbons (Fsp3) is 0.350. The molecule has 2 heterocycles. The Morgan fingerprint density at radius 2 is 2.08 bits per heavy atom. The van der Waals surface area contributed by atoms with Crippen LogP contribution in [-0.4, -0.2) is 27.6 Å². The second kappa shape index (κ2) is 7.79. The minimum Gasteiger partial charge on any atom is -0.338 e. The van der Waals surface area contributed by atoms with E-state index in [0.29, 0.717) is 31.2 Å². The molecule has 1 aromatic heterocycles. The van der Waals surface area contributed by atoms with Crippen LogP contribution >= 0.6 is 11.8 Å². The van der Waals surface area contributed by atoms with Crippen LogP contribution in [0.25, 0.3) is 0 Å². The van der Waals surface area contributed by atoms with Crippen LogP contribution in [0.3, 0.4) is 0 Å². The summed E-state index contributed by atoms with van der Waals surface area (Å²) in [5.74, 6) is 0.0598. The zero-order chi connectivity index (χ0) is 18.7. The lowest BCUT2D eigenvalue weighted by molar-refractivity contribution is -0.131. The average Bonchev–Trinajstić information content (AvgIpc) is 2.62. The average molecular weight is 367 g/mol. The Kier molecular flexibility index (Phi) is 5.48. The van der Waals surface area contributed by atoms with E-state index in [0.717, 1.165) is 16.8 Å². The molecule has 5 nitrogen and oxygen atoms in total. The smallest absolute Gasteiger partial charge is 0.266 e. The standard InChI is InChI=1S/C20H21N3O2S/c1-13(2)26-17-5-3-14(4-6-17)9-19(24)23-8-7-18-16(12-23)10-15(11-21)20(25)22-18/h3-6,10,13H,7-9,12H2,1-2H3,(H,22,25). The first kappa shape index (κ1) is 18.3. The zero-order valence-corrected chi connectivity index (χ0v) is 15.7. The van der Waals surface area contributed by atoms with Gasteiger partial charge in [-0.3, -0.25) is 9.59 Å². The molecule has 3 rings (SSSR count). The number of fused-ring (bicyclic) bond motifs is 1. The number of hydrogen-bond donors (Lipinski definition) is 1. The number of nitrogens with one attached hydrogen (secondary N) is 1. The van der Waals surface area contributed by atoms with Gasteiger partial charge in [0.15, 0.2) is 0 Å². The highest BCUT2D eigenvalue weighted by molar-refractivity contribution is 7.99. The van der Waals surface area contributed by atoms with Gasteiger partial charge in [0.25, 0.3) is 5.56 Å². The van der Waals surface area contributed by atoms with E-state index in [9.17, 15) is 9.59 Å². The van der Waals surface area contributed by atoms with Crippen molar-refractivity contribution in [3.8, 4) is 6.07 Å². The molecule has 0 atom stereocenters. The van der Waals surface area contributed by atoms with Crippen molar-refractivity contribution in [2.75, 3.05) is 6.54 Å². The van der Waals surface area contributed by atoms with E-state index >= 15 is 0 Å². The number of H-pyrrole nitrogens is 1. The molecule has 0 fully saturated rings. The summed E-state index contributed by atoms with van der Waals surface area (Å²) in [5, 5.41) is 9.54. The summed E-state index contributed by atoms with van der Waals surface area (Å²) in [6.07, 6.45) is 0.961. The Bertz CT molecular complexity index is 910. The van der Waals surface area contributed by atoms with Crippen LogP contribution < -0.4 is 5.56 Å². The van der Waals surface area contributed by atoms with Crippen molar-refractivity contribution in [1.29, 1.82) is 5.26 Å². The predicted molar refractivity (Wildman–Crippen MR) is 102 cm³/mol. The number of nitriles is 1. The van der Waals surface area contributed by atoms with Crippen molar-refractivity contribution in [1.82, 2.24) is 9.88 Å². The Morgan fingerprint density at radius 1 is 1.35 bits per heavy atom. The van der Waals surface area contributed by atoms with Crippen molar-refractivity contribution in [3.05, 3.63) is 63.1 Å². The maximum absolute atomic E-state index is 12.6. The van der Waals surface area contributed by atoms with Crippen LogP contribution in [0.2, 0.25) is 0 Å². The Hall–Kier alpha value is -2.52. The minimum absolute atomic E-state index is 0.0598. The van der Waals surface area contributed by atoms with E-state index in [1.165, 1.54) is 4.90 Å². The third-order valence-electron chi connectivity index (χ3n) is 4.33. The number of aromatic amines is 1. The lowest BCUT2D eigenvalue weighted by Gasteiger charge is -2.28. The molecule has 1 aliphatic heterocycles. The molecule has 0 aliphatic carbocycles. The second-order valence-electron chi connectivity index (χ2n) is 6.68. The number of amides is 1. The van der Waals surface area contributed by atoms with Gasteiger partial charge < -0.3 is 9.88 Å². The summed E-state index contributed by atoms with van der Waals surface area (Å²) in [7, 11) is 0. The van der Waals surface area contributed by atoms with Crippen molar-refractivity contribution in [2.24, 2.45) is 0 Å². The summed E-state index contributed by atoms with van der Waals surface area (Å²) in [4.78, 5) is 30.1. The number of aromatic nitrogens is 1. The summed E-state index contributed by atoms with van der Waals surface area (Å²) in [6.45, 7) is 5.32. The van der Waals surface area contributed by atoms with Crippen molar-refractivity contribution >= 4 is 17.7 Å². The van der Waals surface area contributed by atoms with Crippen LogP contribution in [-0.2, 0) is 24.2 Å². The van der Waals surface area contributed by atoms with Gasteiger partial charge in [-0.2, -0.15) is 5.26 Å². The van der Waals surface area contributed by atoms with Crippen molar-refractivity contribution in [2.45, 2.75) is 43.4 Å². The summed E-state index contributed by atoms with van der Waals surface area (Å²) in [6, 6.07) is 11.6. The number of thioether (sulfide) groups is 1. The number of pyridine rings is 1. The predicted octanol–water partition coefficient (Wildman–Crippen LogP) is 2.87. The Balaban J connectivity index is 1.68. The lowest BCUT2D eigenvalue weighted by atomic mass is 10.0. The monoisotopic (exact) mass is 367 g/mol. The fourth-order valence-electron chi connectivity index (χ4n) is 3.05. The normalized spacial score (nSPS) is 13.4. The van der Waals surface area contributed by atoms with Crippen molar-refractivity contribution in [3.63, 3.8) is 0 Å². The van der Waals surface area contributed by atoms with E-state index in [4.69, 9.17) is 5.26 Å². The highest BCUT2D eigenvalue weighted by atomic mass is 32.2. The maximum atomic E-state index is 12.6. The van der Waals surface area contributed by atoms with E-state index in [1.807, 2.05) is 18.2 Å². The number of rotatable bonds is 4. The molecule has 1 N–H and O–H groups in total. The van der Waals surface area contributed by atoms with Gasteiger partial charge >= 0.3 is 0 Å². The number of hydrogen-bond acceptors (Lipinski definition) is 4. The van der Waals surface area contributed by atoms with Gasteiger partial charge in [0, 0.05) is 35.3 Å². The molecule has 0 unspecified atom stereocenters. The minimum atomic E-state index is -0.356. The molecule has 6 heteroatoms. The first-order valence-corrected chi connectivity index (χ1v) is 9.53. The lowest BCUT2D eigenvalue weighted by Crippen LogP contribution is -2.38. The molecule has 0 saturated heterocycles. The first-order valence-electron chi connectivity index (χ1n) is 8.65. The molecule has 1 aliphatic rings. The van der Waals surface area contributed by atoms with Gasteiger partial charge in [-0.1, -0.05) is 26.0 Å². The van der Waals surface area contributed by atoms with Crippen LogP contribution in [0.15, 0.2) is 40.0 Å². The SMILES string of the molecule is CC(C)Sc1ccc(CC(=O)N2CCc3[nH]c(=O)c(C#N)cc3C2)cc1. The van der Waals surface area contributed by atoms with E-state index in [-0.39, 0.29) is 17.0 Å². The molecule has 26 heavy (non-hydrogen) atoms. The Morgan fingerprint density at radius 3 is 2.73 bits per heavy atom. The molecular formula is C20H21N3O2S. The third-order valence-corrected chi connectivity index (χ3v) is 5.35. The highest BCUT2D eigenvalue weighted by Gasteiger charge is 2.22. The molecule has 0 saturated carbocycles. The van der Waals surface area contributed by atoms with Gasteiger partial charge in [-0.05, 0) is 29.3 Å². The zero-order valence-electron chi connectivity index (χ0n) is 14.9. The van der Waals surface area contributed by atoms with Gasteiger partial charge in [0.1, 0.15) is 11.6 Å². The number of carbonyl (C=O) groups is 1. The van der Waals surface area contributed by atoms with E-state index in [2.05, 4.69) is 31.0 Å². The van der Waals surface area contributed by atoms with Crippen LogP contribution in [0.1, 0.15) is 36.2 Å². The maximum Gasteiger partial charge on any atom is 0.266 e. The number of carbonyl (C=O) groups excluding carboxylic acids is 1. The van der Waals surface area contributed by atoms with Gasteiger partial charge in [0.2, 0.25) is 5.91 Å². The Labute approximate surface area is 157 Å². The summed E-state index contributed by atoms with van der Waals surface area (Å²) < 4.78 is 0. The van der Waals surface area contributed by atoms with Crippen LogP contribution in [0.4, 0.5) is 0 Å².